The zero-order valence-electron chi connectivity index (χ0n) is 13.1. The average Bonchev–Trinajstić information content (AvgIpc) is 2.79. The average molecular weight is 320 g/mol. The summed E-state index contributed by atoms with van der Waals surface area (Å²) in [4.78, 5) is 4.12. The zero-order chi connectivity index (χ0) is 15.6. The lowest BCUT2D eigenvalue weighted by Gasteiger charge is -2.16. The van der Waals surface area contributed by atoms with Crippen molar-refractivity contribution in [3.05, 3.63) is 0 Å². The number of aliphatic imine (C=N–C) groups is 1. The highest BCUT2D eigenvalue weighted by Crippen LogP contribution is 2.11. The SMILES string of the molecule is CCOCCCCNC(=NC)NCCN1CCCS1(=O)=O. The van der Waals surface area contributed by atoms with E-state index in [-0.39, 0.29) is 5.75 Å². The van der Waals surface area contributed by atoms with E-state index < -0.39 is 10.0 Å². The van der Waals surface area contributed by atoms with Crippen molar-refractivity contribution in [2.24, 2.45) is 4.99 Å². The maximum Gasteiger partial charge on any atom is 0.214 e. The Balaban J connectivity index is 2.11. The largest absolute Gasteiger partial charge is 0.382 e. The topological polar surface area (TPSA) is 83.0 Å². The van der Waals surface area contributed by atoms with E-state index in [1.54, 1.807) is 7.05 Å². The van der Waals surface area contributed by atoms with E-state index in [4.69, 9.17) is 4.74 Å². The predicted octanol–water partition coefficient (Wildman–Crippen LogP) is 0.00360. The predicted molar refractivity (Wildman–Crippen MR) is 85.1 cm³/mol. The molecule has 8 heteroatoms. The van der Waals surface area contributed by atoms with Gasteiger partial charge in [-0.25, -0.2) is 12.7 Å². The first kappa shape index (κ1) is 18.2. The fourth-order valence-electron chi connectivity index (χ4n) is 2.14. The van der Waals surface area contributed by atoms with Gasteiger partial charge in [-0.15, -0.1) is 0 Å². The molecule has 0 atom stereocenters. The lowest BCUT2D eigenvalue weighted by atomic mass is 10.3. The monoisotopic (exact) mass is 320 g/mol. The van der Waals surface area contributed by atoms with Crippen molar-refractivity contribution in [1.29, 1.82) is 0 Å². The highest BCUT2D eigenvalue weighted by atomic mass is 32.2. The molecule has 1 rings (SSSR count). The minimum absolute atomic E-state index is 0.278. The summed E-state index contributed by atoms with van der Waals surface area (Å²) in [5.41, 5.74) is 0. The maximum atomic E-state index is 11.6. The number of nitrogens with one attached hydrogen (secondary N) is 2. The van der Waals surface area contributed by atoms with Crippen LogP contribution in [0.4, 0.5) is 0 Å². The van der Waals surface area contributed by atoms with Gasteiger partial charge in [-0.3, -0.25) is 4.99 Å². The fraction of sp³-hybridized carbons (Fsp3) is 0.923. The molecule has 7 nitrogen and oxygen atoms in total. The Kier molecular flexibility index (Phi) is 8.63. The van der Waals surface area contributed by atoms with Gasteiger partial charge in [0.15, 0.2) is 5.96 Å². The molecular weight excluding hydrogens is 292 g/mol. The molecule has 0 aromatic carbocycles. The van der Waals surface area contributed by atoms with Crippen LogP contribution in [0.25, 0.3) is 0 Å². The molecule has 0 saturated carbocycles. The first-order valence-corrected chi connectivity index (χ1v) is 9.21. The lowest BCUT2D eigenvalue weighted by molar-refractivity contribution is 0.143. The Hall–Kier alpha value is -0.860. The molecule has 1 saturated heterocycles. The van der Waals surface area contributed by atoms with Crippen LogP contribution in [-0.2, 0) is 14.8 Å². The van der Waals surface area contributed by atoms with E-state index in [9.17, 15) is 8.42 Å². The summed E-state index contributed by atoms with van der Waals surface area (Å²) in [6.45, 7) is 6.06. The first-order chi connectivity index (χ1) is 10.1. The molecule has 124 valence electrons. The van der Waals surface area contributed by atoms with Crippen LogP contribution < -0.4 is 10.6 Å². The van der Waals surface area contributed by atoms with Gasteiger partial charge in [-0.1, -0.05) is 0 Å². The van der Waals surface area contributed by atoms with E-state index in [0.717, 1.165) is 39.0 Å². The molecule has 0 aromatic rings. The molecule has 0 radical (unpaired) electrons. The third-order valence-corrected chi connectivity index (χ3v) is 5.25. The van der Waals surface area contributed by atoms with Gasteiger partial charge in [-0.2, -0.15) is 0 Å². The number of hydrogen-bond donors (Lipinski definition) is 2. The van der Waals surface area contributed by atoms with Crippen molar-refractivity contribution >= 4 is 16.0 Å². The number of nitrogens with zero attached hydrogens (tertiary/aromatic N) is 2. The smallest absolute Gasteiger partial charge is 0.214 e. The summed E-state index contributed by atoms with van der Waals surface area (Å²) in [6.07, 6.45) is 2.76. The van der Waals surface area contributed by atoms with Crippen LogP contribution in [0.5, 0.6) is 0 Å². The number of ether oxygens (including phenoxy) is 1. The number of rotatable bonds is 9. The van der Waals surface area contributed by atoms with Gasteiger partial charge >= 0.3 is 0 Å². The van der Waals surface area contributed by atoms with Crippen LogP contribution in [0.1, 0.15) is 26.2 Å². The van der Waals surface area contributed by atoms with Crippen LogP contribution in [0.3, 0.4) is 0 Å². The Bertz CT molecular complexity index is 412. The summed E-state index contributed by atoms with van der Waals surface area (Å²) in [5.74, 6) is 0.989. The number of hydrogen-bond acceptors (Lipinski definition) is 4. The van der Waals surface area contributed by atoms with Crippen molar-refractivity contribution in [3.8, 4) is 0 Å². The van der Waals surface area contributed by atoms with Crippen molar-refractivity contribution in [1.82, 2.24) is 14.9 Å². The van der Waals surface area contributed by atoms with Crippen molar-refractivity contribution < 1.29 is 13.2 Å². The summed E-state index contributed by atoms with van der Waals surface area (Å²) >= 11 is 0. The minimum atomic E-state index is -3.00. The second-order valence-corrected chi connectivity index (χ2v) is 6.99. The summed E-state index contributed by atoms with van der Waals surface area (Å²) in [5, 5.41) is 6.35. The number of unbranched alkanes of at least 4 members (excludes halogenated alkanes) is 1. The van der Waals surface area contributed by atoms with Crippen LogP contribution >= 0.6 is 0 Å². The molecule has 0 spiro atoms. The van der Waals surface area contributed by atoms with Gasteiger partial charge < -0.3 is 15.4 Å². The molecule has 1 aliphatic heterocycles. The number of guanidine groups is 1. The molecule has 1 heterocycles. The van der Waals surface area contributed by atoms with Crippen LogP contribution in [0, 0.1) is 0 Å². The standard InChI is InChI=1S/C13H28N4O3S/c1-3-20-11-5-4-7-15-13(14-2)16-8-10-17-9-6-12-21(17,18)19/h3-12H2,1-2H3,(H2,14,15,16). The van der Waals surface area contributed by atoms with Gasteiger partial charge in [0.2, 0.25) is 10.0 Å². The normalized spacial score (nSPS) is 18.9. The molecule has 0 aromatic heterocycles. The fourth-order valence-corrected chi connectivity index (χ4v) is 3.67. The molecule has 1 fully saturated rings. The molecule has 0 aliphatic carbocycles. The van der Waals surface area contributed by atoms with E-state index in [0.29, 0.717) is 25.6 Å². The number of sulfonamides is 1. The third kappa shape index (κ3) is 7.10. The Morgan fingerprint density at radius 1 is 1.29 bits per heavy atom. The second kappa shape index (κ2) is 9.97. The Morgan fingerprint density at radius 3 is 2.67 bits per heavy atom. The van der Waals surface area contributed by atoms with Gasteiger partial charge in [0, 0.05) is 46.4 Å². The molecule has 2 N–H and O–H groups in total. The lowest BCUT2D eigenvalue weighted by Crippen LogP contribution is -2.42. The molecule has 1 aliphatic rings. The van der Waals surface area contributed by atoms with Crippen LogP contribution in [0.15, 0.2) is 4.99 Å². The molecular formula is C13H28N4O3S. The summed E-state index contributed by atoms with van der Waals surface area (Å²) in [6, 6.07) is 0. The molecule has 0 amide bonds. The summed E-state index contributed by atoms with van der Waals surface area (Å²) < 4.78 is 30.1. The highest BCUT2D eigenvalue weighted by molar-refractivity contribution is 7.89. The van der Waals surface area contributed by atoms with E-state index in [2.05, 4.69) is 15.6 Å². The molecule has 21 heavy (non-hydrogen) atoms. The Morgan fingerprint density at radius 2 is 2.05 bits per heavy atom. The van der Waals surface area contributed by atoms with Gasteiger partial charge in [0.1, 0.15) is 0 Å². The second-order valence-electron chi connectivity index (χ2n) is 4.90. The minimum Gasteiger partial charge on any atom is -0.382 e. The summed E-state index contributed by atoms with van der Waals surface area (Å²) in [7, 11) is -1.29. The quantitative estimate of drug-likeness (QED) is 0.355. The van der Waals surface area contributed by atoms with Crippen molar-refractivity contribution in [3.63, 3.8) is 0 Å². The van der Waals surface area contributed by atoms with Gasteiger partial charge in [0.05, 0.1) is 5.75 Å². The molecule has 0 bridgehead atoms. The zero-order valence-corrected chi connectivity index (χ0v) is 13.9. The third-order valence-electron chi connectivity index (χ3n) is 3.29. The highest BCUT2D eigenvalue weighted by Gasteiger charge is 2.27. The Labute approximate surface area is 128 Å². The molecule has 0 unspecified atom stereocenters. The van der Waals surface area contributed by atoms with Crippen LogP contribution in [0.2, 0.25) is 0 Å². The van der Waals surface area contributed by atoms with Crippen molar-refractivity contribution in [2.75, 3.05) is 52.2 Å². The van der Waals surface area contributed by atoms with E-state index in [1.165, 1.54) is 4.31 Å². The van der Waals surface area contributed by atoms with Gasteiger partial charge in [-0.05, 0) is 26.2 Å². The first-order valence-electron chi connectivity index (χ1n) is 7.60. The van der Waals surface area contributed by atoms with Crippen LogP contribution in [-0.4, -0.2) is 70.9 Å². The van der Waals surface area contributed by atoms with Crippen molar-refractivity contribution in [2.45, 2.75) is 26.2 Å². The maximum absolute atomic E-state index is 11.6. The van der Waals surface area contributed by atoms with Gasteiger partial charge in [0.25, 0.3) is 0 Å². The van der Waals surface area contributed by atoms with E-state index >= 15 is 0 Å². The van der Waals surface area contributed by atoms with E-state index in [1.807, 2.05) is 6.92 Å².